The van der Waals surface area contributed by atoms with Crippen LogP contribution in [0.3, 0.4) is 0 Å². The van der Waals surface area contributed by atoms with Crippen molar-refractivity contribution in [3.63, 3.8) is 0 Å². The summed E-state index contributed by atoms with van der Waals surface area (Å²) in [5.41, 5.74) is 0. The molecule has 0 rings (SSSR count). The van der Waals surface area contributed by atoms with E-state index in [1.807, 2.05) is 0 Å². The van der Waals surface area contributed by atoms with Crippen LogP contribution >= 0.6 is 0 Å². The highest BCUT2D eigenvalue weighted by Gasteiger charge is 2.19. The van der Waals surface area contributed by atoms with Crippen molar-refractivity contribution in [2.45, 2.75) is 284 Å². The van der Waals surface area contributed by atoms with E-state index in [-0.39, 0.29) is 31.1 Å². The number of rotatable bonds is 53. The first kappa shape index (κ1) is 67.3. The molecule has 0 aromatic heterocycles. The third kappa shape index (κ3) is 57.1. The van der Waals surface area contributed by atoms with E-state index in [4.69, 9.17) is 14.2 Å². The van der Waals surface area contributed by atoms with Crippen LogP contribution < -0.4 is 0 Å². The third-order valence-electron chi connectivity index (χ3n) is 12.6. The number of hydrogen-bond acceptors (Lipinski definition) is 6. The van der Waals surface area contributed by atoms with E-state index in [9.17, 15) is 14.4 Å². The molecule has 1 atom stereocenters. The lowest BCUT2D eigenvalue weighted by Gasteiger charge is -2.18. The summed E-state index contributed by atoms with van der Waals surface area (Å²) < 4.78 is 16.8. The predicted octanol–water partition coefficient (Wildman–Crippen LogP) is 20.1. The summed E-state index contributed by atoms with van der Waals surface area (Å²) in [5, 5.41) is 0. The lowest BCUT2D eigenvalue weighted by molar-refractivity contribution is -0.167. The van der Waals surface area contributed by atoms with Crippen LogP contribution in [0.2, 0.25) is 0 Å². The number of carbonyl (C=O) groups is 3. The zero-order valence-corrected chi connectivity index (χ0v) is 46.5. The number of unbranched alkanes of at least 4 members (excludes halogenated alkanes) is 26. The Kier molecular flexibility index (Phi) is 55.9. The maximum Gasteiger partial charge on any atom is 0.306 e. The molecule has 0 N–H and O–H groups in total. The van der Waals surface area contributed by atoms with E-state index in [1.54, 1.807) is 0 Å². The largest absolute Gasteiger partial charge is 0.462 e. The molecule has 0 spiro atoms. The molecule has 0 fully saturated rings. The Morgan fingerprint density at radius 1 is 0.296 bits per heavy atom. The topological polar surface area (TPSA) is 78.9 Å². The second-order valence-electron chi connectivity index (χ2n) is 19.5. The van der Waals surface area contributed by atoms with E-state index in [0.717, 1.165) is 122 Å². The molecule has 0 aromatic carbocycles. The van der Waals surface area contributed by atoms with E-state index < -0.39 is 6.10 Å². The van der Waals surface area contributed by atoms with Crippen LogP contribution in [0.1, 0.15) is 278 Å². The second-order valence-corrected chi connectivity index (χ2v) is 19.5. The second kappa shape index (κ2) is 58.9. The number of hydrogen-bond donors (Lipinski definition) is 0. The highest BCUT2D eigenvalue weighted by Crippen LogP contribution is 2.15. The van der Waals surface area contributed by atoms with Crippen molar-refractivity contribution in [2.75, 3.05) is 13.2 Å². The van der Waals surface area contributed by atoms with Gasteiger partial charge in [0.05, 0.1) is 0 Å². The minimum atomic E-state index is -0.789. The summed E-state index contributed by atoms with van der Waals surface area (Å²) in [7, 11) is 0. The number of carbonyl (C=O) groups excluding carboxylic acids is 3. The Labute approximate surface area is 438 Å². The molecular weight excluding hydrogens is 877 g/mol. The number of allylic oxidation sites excluding steroid dienone is 16. The van der Waals surface area contributed by atoms with Gasteiger partial charge in [-0.1, -0.05) is 253 Å². The summed E-state index contributed by atoms with van der Waals surface area (Å²) in [4.78, 5) is 38.1. The van der Waals surface area contributed by atoms with Gasteiger partial charge in [-0.05, 0) is 103 Å². The van der Waals surface area contributed by atoms with Crippen LogP contribution in [-0.2, 0) is 28.6 Å². The van der Waals surface area contributed by atoms with Crippen molar-refractivity contribution >= 4 is 17.9 Å². The Morgan fingerprint density at radius 3 is 0.859 bits per heavy atom. The molecule has 0 aliphatic carbocycles. The molecule has 0 aromatic rings. The zero-order valence-electron chi connectivity index (χ0n) is 46.5. The molecule has 0 bridgehead atoms. The molecule has 0 amide bonds. The highest BCUT2D eigenvalue weighted by molar-refractivity contribution is 5.71. The molecule has 0 saturated carbocycles. The van der Waals surface area contributed by atoms with E-state index in [0.29, 0.717) is 19.3 Å². The van der Waals surface area contributed by atoms with E-state index in [1.165, 1.54) is 116 Å². The van der Waals surface area contributed by atoms with Crippen molar-refractivity contribution in [1.29, 1.82) is 0 Å². The van der Waals surface area contributed by atoms with E-state index in [2.05, 4.69) is 118 Å². The zero-order chi connectivity index (χ0) is 51.4. The lowest BCUT2D eigenvalue weighted by Crippen LogP contribution is -2.30. The summed E-state index contributed by atoms with van der Waals surface area (Å²) in [6.07, 6.45) is 78.3. The standard InChI is InChI=1S/C65H110O6/c1-4-7-10-13-16-19-21-23-25-27-29-31-32-34-35-37-39-41-43-46-49-52-55-58-64(67)70-61-62(60-69-63(66)57-54-51-48-45-18-15-12-9-6-3)71-65(68)59-56-53-50-47-44-42-40-38-36-33-30-28-26-24-22-20-17-14-11-8-5-2/h7,10,16,19,22-25,28-31,34-36,38,62H,4-6,8-9,11-15,17-18,20-21,26-27,32-33,37,39-61H2,1-3H3/b10-7-,19-16-,24-22-,25-23-,30-28-,31-29-,35-34-,38-36-. The van der Waals surface area contributed by atoms with Gasteiger partial charge >= 0.3 is 17.9 Å². The summed E-state index contributed by atoms with van der Waals surface area (Å²) >= 11 is 0. The van der Waals surface area contributed by atoms with Crippen LogP contribution in [0.5, 0.6) is 0 Å². The van der Waals surface area contributed by atoms with Gasteiger partial charge in [-0.25, -0.2) is 0 Å². The summed E-state index contributed by atoms with van der Waals surface area (Å²) in [6.45, 7) is 6.48. The Bertz CT molecular complexity index is 1410. The van der Waals surface area contributed by atoms with Gasteiger partial charge in [0.15, 0.2) is 6.10 Å². The van der Waals surface area contributed by atoms with Gasteiger partial charge in [-0.15, -0.1) is 0 Å². The minimum Gasteiger partial charge on any atom is -0.462 e. The van der Waals surface area contributed by atoms with Gasteiger partial charge in [-0.2, -0.15) is 0 Å². The number of esters is 3. The Morgan fingerprint density at radius 2 is 0.549 bits per heavy atom. The highest BCUT2D eigenvalue weighted by atomic mass is 16.6. The first-order valence-electron chi connectivity index (χ1n) is 29.7. The maximum absolute atomic E-state index is 12.9. The smallest absolute Gasteiger partial charge is 0.306 e. The molecule has 6 heteroatoms. The normalized spacial score (nSPS) is 12.8. The van der Waals surface area contributed by atoms with Crippen molar-refractivity contribution in [2.24, 2.45) is 0 Å². The Hall–Kier alpha value is -3.67. The molecule has 0 saturated heterocycles. The van der Waals surface area contributed by atoms with Gasteiger partial charge in [-0.3, -0.25) is 14.4 Å². The maximum atomic E-state index is 12.9. The fourth-order valence-electron chi connectivity index (χ4n) is 8.12. The minimum absolute atomic E-state index is 0.0856. The quantitative estimate of drug-likeness (QED) is 0.0261. The van der Waals surface area contributed by atoms with Crippen LogP contribution in [0.15, 0.2) is 97.2 Å². The van der Waals surface area contributed by atoms with Crippen molar-refractivity contribution in [1.82, 2.24) is 0 Å². The van der Waals surface area contributed by atoms with Crippen LogP contribution in [-0.4, -0.2) is 37.2 Å². The molecule has 6 nitrogen and oxygen atoms in total. The Balaban J connectivity index is 4.32. The molecule has 71 heavy (non-hydrogen) atoms. The fourth-order valence-corrected chi connectivity index (χ4v) is 8.12. The molecule has 0 heterocycles. The van der Waals surface area contributed by atoms with E-state index >= 15 is 0 Å². The summed E-state index contributed by atoms with van der Waals surface area (Å²) in [6, 6.07) is 0. The molecule has 406 valence electrons. The van der Waals surface area contributed by atoms with Crippen molar-refractivity contribution in [3.8, 4) is 0 Å². The van der Waals surface area contributed by atoms with Gasteiger partial charge < -0.3 is 14.2 Å². The van der Waals surface area contributed by atoms with Crippen LogP contribution in [0.25, 0.3) is 0 Å². The first-order valence-corrected chi connectivity index (χ1v) is 29.7. The first-order chi connectivity index (χ1) is 35.0. The predicted molar refractivity (Wildman–Crippen MR) is 307 cm³/mol. The summed E-state index contributed by atoms with van der Waals surface area (Å²) in [5.74, 6) is -0.908. The van der Waals surface area contributed by atoms with Gasteiger partial charge in [0, 0.05) is 19.3 Å². The molecule has 1 unspecified atom stereocenters. The average molecular weight is 988 g/mol. The lowest BCUT2D eigenvalue weighted by atomic mass is 10.1. The van der Waals surface area contributed by atoms with Crippen molar-refractivity contribution < 1.29 is 28.6 Å². The number of ether oxygens (including phenoxy) is 3. The average Bonchev–Trinajstić information content (AvgIpc) is 3.37. The fraction of sp³-hybridized carbons (Fsp3) is 0.708. The SMILES string of the molecule is CC/C=C\C/C=C\C/C=C\C/C=C\C/C=C\CCCCCCCCCC(=O)OCC(COC(=O)CCCCCCCCCCC)OC(=O)CCCCCCCC/C=C\C/C=C\C/C=C\CCCCCCC. The third-order valence-corrected chi connectivity index (χ3v) is 12.6. The molecular formula is C65H110O6. The van der Waals surface area contributed by atoms with Crippen LogP contribution in [0, 0.1) is 0 Å². The molecule has 0 aliphatic rings. The molecule has 0 radical (unpaired) electrons. The van der Waals surface area contributed by atoms with Crippen molar-refractivity contribution in [3.05, 3.63) is 97.2 Å². The monoisotopic (exact) mass is 987 g/mol. The molecule has 0 aliphatic heterocycles. The van der Waals surface area contributed by atoms with Crippen LogP contribution in [0.4, 0.5) is 0 Å². The van der Waals surface area contributed by atoms with Gasteiger partial charge in [0.25, 0.3) is 0 Å². The van der Waals surface area contributed by atoms with Gasteiger partial charge in [0.1, 0.15) is 13.2 Å². The van der Waals surface area contributed by atoms with Gasteiger partial charge in [0.2, 0.25) is 0 Å².